The molecule has 0 aromatic heterocycles. The minimum Gasteiger partial charge on any atom is -0.481 e. The van der Waals surface area contributed by atoms with Gasteiger partial charge in [0.25, 0.3) is 0 Å². The number of carboxylic acids is 1. The number of hydrogen-bond donors (Lipinski definition) is 1. The largest absolute Gasteiger partial charge is 0.481 e. The van der Waals surface area contributed by atoms with Gasteiger partial charge in [-0.25, -0.2) is 0 Å². The van der Waals surface area contributed by atoms with Gasteiger partial charge in [-0.1, -0.05) is 30.3 Å². The Bertz CT molecular complexity index is 482. The van der Waals surface area contributed by atoms with E-state index in [-0.39, 0.29) is 18.4 Å². The van der Waals surface area contributed by atoms with Gasteiger partial charge in [0.2, 0.25) is 5.91 Å². The zero-order valence-electron chi connectivity index (χ0n) is 12.4. The number of benzene rings is 1. The summed E-state index contributed by atoms with van der Waals surface area (Å²) in [6, 6.07) is 9.95. The quantitative estimate of drug-likeness (QED) is 0.886. The second kappa shape index (κ2) is 7.22. The Balaban J connectivity index is 2.00. The normalized spacial score (nSPS) is 17.5. The van der Waals surface area contributed by atoms with E-state index in [9.17, 15) is 9.59 Å². The molecule has 1 aromatic rings. The van der Waals surface area contributed by atoms with Crippen LogP contribution in [0.4, 0.5) is 0 Å². The SMILES string of the molecule is CC(=O)N1CCN(C(CC(=O)O)Cc2ccccc2)CC1. The van der Waals surface area contributed by atoms with Crippen LogP contribution in [-0.2, 0) is 16.0 Å². The molecule has 1 atom stereocenters. The van der Waals surface area contributed by atoms with E-state index in [1.807, 2.05) is 35.2 Å². The van der Waals surface area contributed by atoms with Gasteiger partial charge < -0.3 is 10.0 Å². The van der Waals surface area contributed by atoms with Crippen LogP contribution in [0.2, 0.25) is 0 Å². The number of piperazine rings is 1. The smallest absolute Gasteiger partial charge is 0.304 e. The lowest BCUT2D eigenvalue weighted by atomic mass is 10.0. The summed E-state index contributed by atoms with van der Waals surface area (Å²) < 4.78 is 0. The van der Waals surface area contributed by atoms with Gasteiger partial charge in [0.05, 0.1) is 6.42 Å². The number of carboxylic acid groups (broad SMARTS) is 1. The van der Waals surface area contributed by atoms with Crippen LogP contribution in [0.15, 0.2) is 30.3 Å². The van der Waals surface area contributed by atoms with E-state index in [0.29, 0.717) is 13.1 Å². The minimum absolute atomic E-state index is 0.0148. The molecule has 5 nitrogen and oxygen atoms in total. The van der Waals surface area contributed by atoms with Crippen molar-refractivity contribution in [1.29, 1.82) is 0 Å². The van der Waals surface area contributed by atoms with Crippen LogP contribution >= 0.6 is 0 Å². The van der Waals surface area contributed by atoms with E-state index in [1.54, 1.807) is 6.92 Å². The highest BCUT2D eigenvalue weighted by Crippen LogP contribution is 2.15. The van der Waals surface area contributed by atoms with Gasteiger partial charge in [-0.2, -0.15) is 0 Å². The van der Waals surface area contributed by atoms with Crippen LogP contribution in [0.25, 0.3) is 0 Å². The summed E-state index contributed by atoms with van der Waals surface area (Å²) in [6.45, 7) is 4.42. The van der Waals surface area contributed by atoms with Gasteiger partial charge in [-0.3, -0.25) is 14.5 Å². The molecule has 0 radical (unpaired) electrons. The molecule has 0 aliphatic carbocycles. The van der Waals surface area contributed by atoms with E-state index in [0.717, 1.165) is 25.1 Å². The number of rotatable bonds is 5. The van der Waals surface area contributed by atoms with Crippen molar-refractivity contribution in [2.75, 3.05) is 26.2 Å². The lowest BCUT2D eigenvalue weighted by Gasteiger charge is -2.38. The summed E-state index contributed by atoms with van der Waals surface area (Å²) in [5, 5.41) is 9.14. The summed E-state index contributed by atoms with van der Waals surface area (Å²) in [4.78, 5) is 26.5. The van der Waals surface area contributed by atoms with Crippen LogP contribution in [0.3, 0.4) is 0 Å². The average molecular weight is 290 g/mol. The number of amides is 1. The molecule has 21 heavy (non-hydrogen) atoms. The van der Waals surface area contributed by atoms with Crippen molar-refractivity contribution >= 4 is 11.9 Å². The van der Waals surface area contributed by atoms with Crippen LogP contribution in [0.5, 0.6) is 0 Å². The van der Waals surface area contributed by atoms with Gasteiger partial charge in [0, 0.05) is 39.1 Å². The predicted octanol–water partition coefficient (Wildman–Crippen LogP) is 1.24. The maximum Gasteiger partial charge on any atom is 0.304 e. The second-order valence-corrected chi connectivity index (χ2v) is 5.48. The molecular formula is C16H22N2O3. The highest BCUT2D eigenvalue weighted by atomic mass is 16.4. The Hall–Kier alpha value is -1.88. The Morgan fingerprint density at radius 2 is 1.76 bits per heavy atom. The third-order valence-corrected chi connectivity index (χ3v) is 4.00. The summed E-state index contributed by atoms with van der Waals surface area (Å²) in [5.41, 5.74) is 1.15. The van der Waals surface area contributed by atoms with E-state index in [2.05, 4.69) is 4.90 Å². The monoisotopic (exact) mass is 290 g/mol. The van der Waals surface area contributed by atoms with Gasteiger partial charge in [-0.05, 0) is 12.0 Å². The van der Waals surface area contributed by atoms with Crippen LogP contribution in [0, 0.1) is 0 Å². The Morgan fingerprint density at radius 3 is 2.29 bits per heavy atom. The molecule has 1 amide bonds. The van der Waals surface area contributed by atoms with Gasteiger partial charge >= 0.3 is 5.97 Å². The van der Waals surface area contributed by atoms with Crippen molar-refractivity contribution in [3.8, 4) is 0 Å². The zero-order chi connectivity index (χ0) is 15.2. The standard InChI is InChI=1S/C16H22N2O3/c1-13(19)17-7-9-18(10-8-17)15(12-16(20)21)11-14-5-3-2-4-6-14/h2-6,15H,7-12H2,1H3,(H,20,21). The van der Waals surface area contributed by atoms with Gasteiger partial charge in [0.15, 0.2) is 0 Å². The molecule has 1 unspecified atom stereocenters. The zero-order valence-corrected chi connectivity index (χ0v) is 12.4. The molecule has 0 saturated carbocycles. The first-order valence-corrected chi connectivity index (χ1v) is 7.31. The van der Waals surface area contributed by atoms with E-state index in [1.165, 1.54) is 0 Å². The Kier molecular flexibility index (Phi) is 5.33. The second-order valence-electron chi connectivity index (χ2n) is 5.48. The van der Waals surface area contributed by atoms with Crippen LogP contribution in [-0.4, -0.2) is 59.0 Å². The van der Waals surface area contributed by atoms with E-state index in [4.69, 9.17) is 5.11 Å². The topological polar surface area (TPSA) is 60.9 Å². The van der Waals surface area contributed by atoms with Gasteiger partial charge in [-0.15, -0.1) is 0 Å². The molecular weight excluding hydrogens is 268 g/mol. The van der Waals surface area contributed by atoms with Crippen molar-refractivity contribution < 1.29 is 14.7 Å². The first-order chi connectivity index (χ1) is 10.1. The maximum absolute atomic E-state index is 11.4. The summed E-state index contributed by atoms with van der Waals surface area (Å²) in [7, 11) is 0. The molecule has 1 N–H and O–H groups in total. The minimum atomic E-state index is -0.773. The summed E-state index contributed by atoms with van der Waals surface area (Å²) in [6.07, 6.45) is 0.863. The van der Waals surface area contributed by atoms with E-state index >= 15 is 0 Å². The molecule has 0 spiro atoms. The summed E-state index contributed by atoms with van der Waals surface area (Å²) >= 11 is 0. The fourth-order valence-electron chi connectivity index (χ4n) is 2.82. The molecule has 2 rings (SSSR count). The first kappa shape index (κ1) is 15.5. The fourth-order valence-corrected chi connectivity index (χ4v) is 2.82. The van der Waals surface area contributed by atoms with Crippen molar-refractivity contribution in [2.24, 2.45) is 0 Å². The molecule has 1 heterocycles. The number of carbonyl (C=O) groups excluding carboxylic acids is 1. The number of hydrogen-bond acceptors (Lipinski definition) is 3. The average Bonchev–Trinajstić information content (AvgIpc) is 2.47. The lowest BCUT2D eigenvalue weighted by Crippen LogP contribution is -2.52. The van der Waals surface area contributed by atoms with Crippen molar-refractivity contribution in [2.45, 2.75) is 25.8 Å². The lowest BCUT2D eigenvalue weighted by molar-refractivity contribution is -0.139. The van der Waals surface area contributed by atoms with Crippen molar-refractivity contribution in [3.05, 3.63) is 35.9 Å². The molecule has 5 heteroatoms. The van der Waals surface area contributed by atoms with Crippen LogP contribution in [0.1, 0.15) is 18.9 Å². The third kappa shape index (κ3) is 4.56. The number of nitrogens with zero attached hydrogens (tertiary/aromatic N) is 2. The molecule has 1 fully saturated rings. The third-order valence-electron chi connectivity index (χ3n) is 4.00. The highest BCUT2D eigenvalue weighted by Gasteiger charge is 2.26. The van der Waals surface area contributed by atoms with E-state index < -0.39 is 5.97 Å². The highest BCUT2D eigenvalue weighted by molar-refractivity contribution is 5.73. The Morgan fingerprint density at radius 1 is 1.14 bits per heavy atom. The van der Waals surface area contributed by atoms with Crippen molar-refractivity contribution in [1.82, 2.24) is 9.80 Å². The molecule has 1 aromatic carbocycles. The van der Waals surface area contributed by atoms with Gasteiger partial charge in [0.1, 0.15) is 0 Å². The van der Waals surface area contributed by atoms with Crippen LogP contribution < -0.4 is 0 Å². The fraction of sp³-hybridized carbons (Fsp3) is 0.500. The molecule has 1 saturated heterocycles. The Labute approximate surface area is 125 Å². The predicted molar refractivity (Wildman–Crippen MR) is 80.0 cm³/mol. The summed E-state index contributed by atoms with van der Waals surface area (Å²) in [5.74, 6) is -0.683. The molecule has 0 bridgehead atoms. The number of aliphatic carboxylic acids is 1. The number of carbonyl (C=O) groups is 2. The molecule has 1 aliphatic heterocycles. The molecule has 1 aliphatic rings. The molecule has 114 valence electrons. The first-order valence-electron chi connectivity index (χ1n) is 7.31. The van der Waals surface area contributed by atoms with Crippen molar-refractivity contribution in [3.63, 3.8) is 0 Å². The maximum atomic E-state index is 11.4.